The molecule has 2 heterocycles. The zero-order chi connectivity index (χ0) is 12.4. The number of aromatic amines is 1. The molecule has 3 rings (SSSR count). The third-order valence-corrected chi connectivity index (χ3v) is 3.51. The molecule has 2 aromatic rings. The van der Waals surface area contributed by atoms with Crippen LogP contribution < -0.4 is 5.32 Å². The smallest absolute Gasteiger partial charge is 0.133 e. The number of rotatable bonds is 3. The average Bonchev–Trinajstić information content (AvgIpc) is 2.82. The van der Waals surface area contributed by atoms with E-state index in [9.17, 15) is 0 Å². The van der Waals surface area contributed by atoms with Crippen molar-refractivity contribution < 1.29 is 0 Å². The van der Waals surface area contributed by atoms with Crippen LogP contribution in [0.1, 0.15) is 35.4 Å². The predicted octanol–water partition coefficient (Wildman–Crippen LogP) is 2.00. The van der Waals surface area contributed by atoms with Crippen LogP contribution in [0.15, 0.2) is 12.5 Å². The van der Waals surface area contributed by atoms with E-state index in [-0.39, 0.29) is 0 Å². The Morgan fingerprint density at radius 2 is 2.17 bits per heavy atom. The van der Waals surface area contributed by atoms with Crippen LogP contribution in [0.3, 0.4) is 0 Å². The van der Waals surface area contributed by atoms with Crippen LogP contribution in [0.4, 0.5) is 5.82 Å². The zero-order valence-corrected chi connectivity index (χ0v) is 10.5. The van der Waals surface area contributed by atoms with Gasteiger partial charge in [0.1, 0.15) is 12.1 Å². The summed E-state index contributed by atoms with van der Waals surface area (Å²) < 4.78 is 0. The van der Waals surface area contributed by atoms with Crippen LogP contribution in [0.25, 0.3) is 0 Å². The number of hydrogen-bond acceptors (Lipinski definition) is 4. The van der Waals surface area contributed by atoms with Gasteiger partial charge in [-0.25, -0.2) is 9.97 Å². The SMILES string of the molecule is Cc1[nH]ncc1CNc1ncnc2c1CCCC2. The first-order valence-corrected chi connectivity index (χ1v) is 6.40. The lowest BCUT2D eigenvalue weighted by molar-refractivity contribution is 0.663. The van der Waals surface area contributed by atoms with Crippen molar-refractivity contribution in [3.63, 3.8) is 0 Å². The lowest BCUT2D eigenvalue weighted by atomic mass is 9.96. The number of H-pyrrole nitrogens is 1. The summed E-state index contributed by atoms with van der Waals surface area (Å²) in [5.74, 6) is 0.986. The first-order chi connectivity index (χ1) is 8.84. The summed E-state index contributed by atoms with van der Waals surface area (Å²) in [6, 6.07) is 0. The Bertz CT molecular complexity index is 546. The van der Waals surface area contributed by atoms with Gasteiger partial charge in [0.25, 0.3) is 0 Å². The van der Waals surface area contributed by atoms with E-state index in [0.717, 1.165) is 30.9 Å². The fraction of sp³-hybridized carbons (Fsp3) is 0.462. The van der Waals surface area contributed by atoms with Gasteiger partial charge >= 0.3 is 0 Å². The molecule has 94 valence electrons. The van der Waals surface area contributed by atoms with Crippen LogP contribution in [0.2, 0.25) is 0 Å². The maximum atomic E-state index is 4.37. The molecule has 0 unspecified atom stereocenters. The highest BCUT2D eigenvalue weighted by Gasteiger charge is 2.15. The molecule has 0 aromatic carbocycles. The highest BCUT2D eigenvalue weighted by Crippen LogP contribution is 2.24. The molecule has 0 bridgehead atoms. The maximum absolute atomic E-state index is 4.37. The third-order valence-electron chi connectivity index (χ3n) is 3.51. The van der Waals surface area contributed by atoms with E-state index in [0.29, 0.717) is 0 Å². The monoisotopic (exact) mass is 243 g/mol. The summed E-state index contributed by atoms with van der Waals surface area (Å²) in [5.41, 5.74) is 4.79. The molecule has 0 saturated carbocycles. The Morgan fingerprint density at radius 3 is 3.00 bits per heavy atom. The van der Waals surface area contributed by atoms with E-state index in [2.05, 4.69) is 25.5 Å². The molecular formula is C13H17N5. The number of nitrogens with one attached hydrogen (secondary N) is 2. The van der Waals surface area contributed by atoms with Crippen LogP contribution in [-0.2, 0) is 19.4 Å². The molecule has 0 aliphatic heterocycles. The molecule has 0 atom stereocenters. The van der Waals surface area contributed by atoms with Crippen molar-refractivity contribution in [2.45, 2.75) is 39.2 Å². The van der Waals surface area contributed by atoms with Gasteiger partial charge in [-0.15, -0.1) is 0 Å². The van der Waals surface area contributed by atoms with Crippen LogP contribution in [0, 0.1) is 6.92 Å². The van der Waals surface area contributed by atoms with E-state index in [1.807, 2.05) is 13.1 Å². The van der Waals surface area contributed by atoms with Gasteiger partial charge in [-0.05, 0) is 32.6 Å². The van der Waals surface area contributed by atoms with Crippen molar-refractivity contribution in [3.8, 4) is 0 Å². The molecule has 1 aliphatic carbocycles. The largest absolute Gasteiger partial charge is 0.366 e. The lowest BCUT2D eigenvalue weighted by Gasteiger charge is -2.17. The van der Waals surface area contributed by atoms with E-state index >= 15 is 0 Å². The number of fused-ring (bicyclic) bond motifs is 1. The summed E-state index contributed by atoms with van der Waals surface area (Å²) in [7, 11) is 0. The summed E-state index contributed by atoms with van der Waals surface area (Å²) in [6.07, 6.45) is 8.16. The molecule has 2 N–H and O–H groups in total. The van der Waals surface area contributed by atoms with E-state index in [4.69, 9.17) is 0 Å². The summed E-state index contributed by atoms with van der Waals surface area (Å²) in [5, 5.41) is 10.4. The van der Waals surface area contributed by atoms with Crippen molar-refractivity contribution in [3.05, 3.63) is 35.0 Å². The van der Waals surface area contributed by atoms with Gasteiger partial charge in [-0.1, -0.05) is 0 Å². The molecule has 0 saturated heterocycles. The zero-order valence-electron chi connectivity index (χ0n) is 10.5. The average molecular weight is 243 g/mol. The molecule has 0 radical (unpaired) electrons. The summed E-state index contributed by atoms with van der Waals surface area (Å²) in [6.45, 7) is 2.78. The quantitative estimate of drug-likeness (QED) is 0.865. The number of anilines is 1. The first-order valence-electron chi connectivity index (χ1n) is 6.40. The Kier molecular flexibility index (Phi) is 2.96. The molecule has 2 aromatic heterocycles. The van der Waals surface area contributed by atoms with Gasteiger partial charge in [-0.2, -0.15) is 5.10 Å². The number of aromatic nitrogens is 4. The van der Waals surface area contributed by atoms with Gasteiger partial charge in [0.2, 0.25) is 0 Å². The highest BCUT2D eigenvalue weighted by molar-refractivity contribution is 5.47. The maximum Gasteiger partial charge on any atom is 0.133 e. The van der Waals surface area contributed by atoms with Crippen molar-refractivity contribution in [1.29, 1.82) is 0 Å². The molecule has 5 heteroatoms. The minimum absolute atomic E-state index is 0.756. The lowest BCUT2D eigenvalue weighted by Crippen LogP contribution is -2.12. The number of nitrogens with zero attached hydrogens (tertiary/aromatic N) is 3. The number of hydrogen-bond donors (Lipinski definition) is 2. The molecule has 1 aliphatic rings. The van der Waals surface area contributed by atoms with Gasteiger partial charge in [-0.3, -0.25) is 5.10 Å². The normalized spacial score (nSPS) is 14.3. The predicted molar refractivity (Wildman–Crippen MR) is 69.3 cm³/mol. The van der Waals surface area contributed by atoms with Crippen molar-refractivity contribution in [1.82, 2.24) is 20.2 Å². The van der Waals surface area contributed by atoms with E-state index < -0.39 is 0 Å². The van der Waals surface area contributed by atoms with E-state index in [1.54, 1.807) is 6.33 Å². The standard InChI is InChI=1S/C13H17N5/c1-9-10(7-17-18-9)6-14-13-11-4-2-3-5-12(11)15-8-16-13/h7-8H,2-6H2,1H3,(H,17,18)(H,14,15,16). The minimum atomic E-state index is 0.756. The van der Waals surface area contributed by atoms with Gasteiger partial charge in [0.05, 0.1) is 6.20 Å². The molecule has 0 fully saturated rings. The summed E-state index contributed by atoms with van der Waals surface area (Å²) >= 11 is 0. The Labute approximate surface area is 106 Å². The molecule has 18 heavy (non-hydrogen) atoms. The van der Waals surface area contributed by atoms with Crippen molar-refractivity contribution in [2.24, 2.45) is 0 Å². The second kappa shape index (κ2) is 4.76. The van der Waals surface area contributed by atoms with E-state index in [1.165, 1.54) is 29.7 Å². The molecule has 0 amide bonds. The van der Waals surface area contributed by atoms with Gasteiger partial charge < -0.3 is 5.32 Å². The number of aryl methyl sites for hydroxylation is 2. The van der Waals surface area contributed by atoms with Crippen molar-refractivity contribution in [2.75, 3.05) is 5.32 Å². The van der Waals surface area contributed by atoms with Crippen LogP contribution in [0.5, 0.6) is 0 Å². The van der Waals surface area contributed by atoms with Crippen molar-refractivity contribution >= 4 is 5.82 Å². The second-order valence-corrected chi connectivity index (χ2v) is 4.73. The van der Waals surface area contributed by atoms with Crippen LogP contribution in [-0.4, -0.2) is 20.2 Å². The first kappa shape index (κ1) is 11.2. The van der Waals surface area contributed by atoms with Gasteiger partial charge in [0, 0.05) is 29.1 Å². The topological polar surface area (TPSA) is 66.5 Å². The third kappa shape index (κ3) is 2.08. The Morgan fingerprint density at radius 1 is 1.28 bits per heavy atom. The second-order valence-electron chi connectivity index (χ2n) is 4.73. The molecular weight excluding hydrogens is 226 g/mol. The fourth-order valence-electron chi connectivity index (χ4n) is 2.41. The Balaban J connectivity index is 1.79. The highest BCUT2D eigenvalue weighted by atomic mass is 15.1. The summed E-state index contributed by atoms with van der Waals surface area (Å²) in [4.78, 5) is 8.74. The van der Waals surface area contributed by atoms with Crippen LogP contribution >= 0.6 is 0 Å². The molecule has 5 nitrogen and oxygen atoms in total. The molecule has 0 spiro atoms. The minimum Gasteiger partial charge on any atom is -0.366 e. The van der Waals surface area contributed by atoms with Gasteiger partial charge in [0.15, 0.2) is 0 Å². The Hall–Kier alpha value is -1.91. The fourth-order valence-corrected chi connectivity index (χ4v) is 2.41.